The Hall–Kier alpha value is -1.95. The molecule has 26 heavy (non-hydrogen) atoms. The number of ether oxygens (including phenoxy) is 1. The summed E-state index contributed by atoms with van der Waals surface area (Å²) in [5.74, 6) is 0.856. The lowest BCUT2D eigenvalue weighted by atomic mass is 10.2. The molecule has 0 bridgehead atoms. The van der Waals surface area contributed by atoms with Crippen LogP contribution in [-0.4, -0.2) is 49.1 Å². The molecule has 1 aliphatic heterocycles. The number of nitrogens with zero attached hydrogens (tertiary/aromatic N) is 2. The fourth-order valence-corrected chi connectivity index (χ4v) is 3.24. The highest BCUT2D eigenvalue weighted by molar-refractivity contribution is 6.43. The Balaban J connectivity index is 1.51. The van der Waals surface area contributed by atoms with Crippen LogP contribution in [0.2, 0.25) is 10.0 Å². The van der Waals surface area contributed by atoms with Crippen LogP contribution >= 0.6 is 23.2 Å². The second-order valence-corrected chi connectivity index (χ2v) is 6.93. The Morgan fingerprint density at radius 3 is 2.42 bits per heavy atom. The van der Waals surface area contributed by atoms with E-state index in [-0.39, 0.29) is 6.03 Å². The van der Waals surface area contributed by atoms with Crippen molar-refractivity contribution in [3.63, 3.8) is 0 Å². The van der Waals surface area contributed by atoms with Gasteiger partial charge in [0.15, 0.2) is 0 Å². The molecule has 1 aliphatic rings. The molecule has 1 N–H and O–H groups in total. The fourth-order valence-electron chi connectivity index (χ4n) is 2.89. The highest BCUT2D eigenvalue weighted by Gasteiger charge is 2.22. The molecule has 3 rings (SSSR count). The molecule has 0 aliphatic carbocycles. The predicted octanol–water partition coefficient (Wildman–Crippen LogP) is 4.35. The molecule has 0 unspecified atom stereocenters. The molecule has 1 fully saturated rings. The van der Waals surface area contributed by atoms with E-state index in [4.69, 9.17) is 27.9 Å². The van der Waals surface area contributed by atoms with Crippen molar-refractivity contribution in [3.8, 4) is 5.75 Å². The molecule has 138 valence electrons. The summed E-state index contributed by atoms with van der Waals surface area (Å²) in [6, 6.07) is 13.1. The van der Waals surface area contributed by atoms with E-state index in [0.717, 1.165) is 25.4 Å². The van der Waals surface area contributed by atoms with Crippen LogP contribution in [0.4, 0.5) is 10.5 Å². The molecule has 0 atom stereocenters. The first-order valence-corrected chi connectivity index (χ1v) is 9.17. The van der Waals surface area contributed by atoms with Gasteiger partial charge in [0.2, 0.25) is 0 Å². The normalized spacial score (nSPS) is 15.0. The molecule has 2 amide bonds. The Bertz CT molecular complexity index is 760. The summed E-state index contributed by atoms with van der Waals surface area (Å²) < 4.78 is 5.18. The zero-order chi connectivity index (χ0) is 18.5. The van der Waals surface area contributed by atoms with E-state index >= 15 is 0 Å². The van der Waals surface area contributed by atoms with Crippen molar-refractivity contribution < 1.29 is 9.53 Å². The average Bonchev–Trinajstić information content (AvgIpc) is 2.66. The van der Waals surface area contributed by atoms with Crippen LogP contribution in [-0.2, 0) is 6.54 Å². The maximum absolute atomic E-state index is 12.4. The SMILES string of the molecule is COc1ccc(CN2CCN(C(=O)Nc3cccc(Cl)c3Cl)CC2)cc1. The summed E-state index contributed by atoms with van der Waals surface area (Å²) in [7, 11) is 1.66. The van der Waals surface area contributed by atoms with Crippen molar-refractivity contribution in [1.29, 1.82) is 0 Å². The number of hydrogen-bond donors (Lipinski definition) is 1. The summed E-state index contributed by atoms with van der Waals surface area (Å²) in [4.78, 5) is 16.6. The van der Waals surface area contributed by atoms with Gasteiger partial charge < -0.3 is 15.0 Å². The van der Waals surface area contributed by atoms with Crippen LogP contribution in [0.25, 0.3) is 0 Å². The van der Waals surface area contributed by atoms with E-state index in [2.05, 4.69) is 22.3 Å². The van der Waals surface area contributed by atoms with Crippen LogP contribution in [0.15, 0.2) is 42.5 Å². The smallest absolute Gasteiger partial charge is 0.321 e. The first-order valence-electron chi connectivity index (χ1n) is 8.42. The number of halogens is 2. The van der Waals surface area contributed by atoms with E-state index in [9.17, 15) is 4.79 Å². The van der Waals surface area contributed by atoms with Crippen molar-refractivity contribution in [2.45, 2.75) is 6.54 Å². The molecule has 0 radical (unpaired) electrons. The molecule has 1 heterocycles. The standard InChI is InChI=1S/C19H21Cl2N3O2/c1-26-15-7-5-14(6-8-15)13-23-9-11-24(12-10-23)19(25)22-17-4-2-3-16(20)18(17)21/h2-8H,9-13H2,1H3,(H,22,25). The van der Waals surface area contributed by atoms with Gasteiger partial charge in [-0.15, -0.1) is 0 Å². The van der Waals surface area contributed by atoms with Gasteiger partial charge in [-0.1, -0.05) is 41.4 Å². The van der Waals surface area contributed by atoms with Crippen LogP contribution in [0.3, 0.4) is 0 Å². The molecule has 2 aromatic carbocycles. The Morgan fingerprint density at radius 1 is 1.08 bits per heavy atom. The predicted molar refractivity (Wildman–Crippen MR) is 105 cm³/mol. The van der Waals surface area contributed by atoms with Crippen molar-refractivity contribution in [2.24, 2.45) is 0 Å². The molecule has 5 nitrogen and oxygen atoms in total. The summed E-state index contributed by atoms with van der Waals surface area (Å²) in [6.07, 6.45) is 0. The number of urea groups is 1. The zero-order valence-electron chi connectivity index (χ0n) is 14.5. The van der Waals surface area contributed by atoms with Gasteiger partial charge in [-0.05, 0) is 29.8 Å². The topological polar surface area (TPSA) is 44.8 Å². The van der Waals surface area contributed by atoms with Crippen LogP contribution in [0.5, 0.6) is 5.75 Å². The second kappa shape index (κ2) is 8.62. The minimum Gasteiger partial charge on any atom is -0.497 e. The lowest BCUT2D eigenvalue weighted by molar-refractivity contribution is 0.143. The maximum atomic E-state index is 12.4. The fraction of sp³-hybridized carbons (Fsp3) is 0.316. The summed E-state index contributed by atoms with van der Waals surface area (Å²) in [6.45, 7) is 3.84. The highest BCUT2D eigenvalue weighted by atomic mass is 35.5. The molecule has 1 saturated heterocycles. The number of carbonyl (C=O) groups is 1. The Morgan fingerprint density at radius 2 is 1.77 bits per heavy atom. The summed E-state index contributed by atoms with van der Waals surface area (Å²) in [5, 5.41) is 3.62. The molecule has 0 saturated carbocycles. The van der Waals surface area contributed by atoms with Crippen LogP contribution in [0.1, 0.15) is 5.56 Å². The van der Waals surface area contributed by atoms with Crippen LogP contribution < -0.4 is 10.1 Å². The van der Waals surface area contributed by atoms with Gasteiger partial charge in [0.25, 0.3) is 0 Å². The third-order valence-electron chi connectivity index (χ3n) is 4.42. The van der Waals surface area contributed by atoms with Gasteiger partial charge in [-0.25, -0.2) is 4.79 Å². The number of benzene rings is 2. The minimum atomic E-state index is -0.154. The monoisotopic (exact) mass is 393 g/mol. The number of rotatable bonds is 4. The van der Waals surface area contributed by atoms with Gasteiger partial charge >= 0.3 is 6.03 Å². The number of hydrogen-bond acceptors (Lipinski definition) is 3. The van der Waals surface area contributed by atoms with Crippen molar-refractivity contribution in [3.05, 3.63) is 58.1 Å². The summed E-state index contributed by atoms with van der Waals surface area (Å²) >= 11 is 12.1. The number of amides is 2. The molecule has 0 aromatic heterocycles. The zero-order valence-corrected chi connectivity index (χ0v) is 16.1. The van der Waals surface area contributed by atoms with Gasteiger partial charge in [0.1, 0.15) is 5.75 Å². The number of nitrogens with one attached hydrogen (secondary N) is 1. The van der Waals surface area contributed by atoms with Crippen molar-refractivity contribution >= 4 is 34.9 Å². The number of methoxy groups -OCH3 is 1. The van der Waals surface area contributed by atoms with Gasteiger partial charge in [0, 0.05) is 32.7 Å². The van der Waals surface area contributed by atoms with E-state index < -0.39 is 0 Å². The number of anilines is 1. The Labute approximate surface area is 163 Å². The molecular formula is C19H21Cl2N3O2. The lowest BCUT2D eigenvalue weighted by Gasteiger charge is -2.34. The second-order valence-electron chi connectivity index (χ2n) is 6.14. The highest BCUT2D eigenvalue weighted by Crippen LogP contribution is 2.29. The molecule has 7 heteroatoms. The van der Waals surface area contributed by atoms with E-state index in [1.54, 1.807) is 30.2 Å². The van der Waals surface area contributed by atoms with Gasteiger partial charge in [0.05, 0.1) is 22.8 Å². The first kappa shape index (κ1) is 18.8. The quantitative estimate of drug-likeness (QED) is 0.839. The van der Waals surface area contributed by atoms with Gasteiger partial charge in [-0.2, -0.15) is 0 Å². The van der Waals surface area contributed by atoms with Crippen molar-refractivity contribution in [2.75, 3.05) is 38.6 Å². The van der Waals surface area contributed by atoms with Crippen molar-refractivity contribution in [1.82, 2.24) is 9.80 Å². The van der Waals surface area contributed by atoms with Gasteiger partial charge in [-0.3, -0.25) is 4.90 Å². The number of piperazine rings is 1. The molecule has 0 spiro atoms. The molecular weight excluding hydrogens is 373 g/mol. The van der Waals surface area contributed by atoms with E-state index in [0.29, 0.717) is 28.8 Å². The van der Waals surface area contributed by atoms with E-state index in [1.807, 2.05) is 12.1 Å². The third-order valence-corrected chi connectivity index (χ3v) is 5.24. The largest absolute Gasteiger partial charge is 0.497 e. The third kappa shape index (κ3) is 4.61. The summed E-state index contributed by atoms with van der Waals surface area (Å²) in [5.41, 5.74) is 1.76. The molecule has 2 aromatic rings. The lowest BCUT2D eigenvalue weighted by Crippen LogP contribution is -2.49. The number of carbonyl (C=O) groups excluding carboxylic acids is 1. The first-order chi connectivity index (χ1) is 12.6. The van der Waals surface area contributed by atoms with E-state index in [1.165, 1.54) is 5.56 Å². The Kier molecular flexibility index (Phi) is 6.25. The maximum Gasteiger partial charge on any atom is 0.321 e. The van der Waals surface area contributed by atoms with Crippen LogP contribution in [0, 0.1) is 0 Å². The minimum absolute atomic E-state index is 0.154. The average molecular weight is 394 g/mol.